The van der Waals surface area contributed by atoms with Crippen molar-refractivity contribution in [1.82, 2.24) is 0 Å². The van der Waals surface area contributed by atoms with E-state index in [1.165, 1.54) is 12.1 Å². The number of hydrogen-bond acceptors (Lipinski definition) is 1. The van der Waals surface area contributed by atoms with Crippen LogP contribution in [0.5, 0.6) is 0 Å². The minimum atomic E-state index is -0.469. The molecule has 0 atom stereocenters. The third-order valence-electron chi connectivity index (χ3n) is 2.54. The molecule has 2 aromatic carbocycles. The molecule has 1 amide bonds. The Bertz CT molecular complexity index is 601. The molecule has 0 bridgehead atoms. The SMILES string of the molecule is O=C(Nc1ccc(CBr)cc1)c1ccc(F)cc1Cl. The number of amides is 1. The summed E-state index contributed by atoms with van der Waals surface area (Å²) in [7, 11) is 0. The molecule has 98 valence electrons. The van der Waals surface area contributed by atoms with Gasteiger partial charge in [0, 0.05) is 11.0 Å². The predicted molar refractivity (Wildman–Crippen MR) is 78.4 cm³/mol. The number of hydrogen-bond donors (Lipinski definition) is 1. The van der Waals surface area contributed by atoms with Crippen LogP contribution in [0.15, 0.2) is 42.5 Å². The first-order chi connectivity index (χ1) is 9.10. The van der Waals surface area contributed by atoms with Crippen molar-refractivity contribution < 1.29 is 9.18 Å². The van der Waals surface area contributed by atoms with E-state index in [2.05, 4.69) is 21.2 Å². The first-order valence-electron chi connectivity index (χ1n) is 5.51. The molecule has 1 N–H and O–H groups in total. The zero-order valence-corrected chi connectivity index (χ0v) is 12.1. The smallest absolute Gasteiger partial charge is 0.257 e. The molecule has 0 saturated heterocycles. The van der Waals surface area contributed by atoms with E-state index in [1.807, 2.05) is 12.1 Å². The molecule has 0 spiro atoms. The van der Waals surface area contributed by atoms with Crippen LogP contribution < -0.4 is 5.32 Å². The normalized spacial score (nSPS) is 10.3. The standard InChI is InChI=1S/C14H10BrClFNO/c15-8-9-1-4-11(5-2-9)18-14(19)12-6-3-10(17)7-13(12)16/h1-7H,8H2,(H,18,19). The number of anilines is 1. The summed E-state index contributed by atoms with van der Waals surface area (Å²) < 4.78 is 12.9. The van der Waals surface area contributed by atoms with E-state index in [0.717, 1.165) is 17.0 Å². The van der Waals surface area contributed by atoms with Crippen molar-refractivity contribution in [1.29, 1.82) is 0 Å². The number of carbonyl (C=O) groups is 1. The molecule has 0 aromatic heterocycles. The number of benzene rings is 2. The Morgan fingerprint density at radius 1 is 1.21 bits per heavy atom. The fourth-order valence-electron chi connectivity index (χ4n) is 1.55. The van der Waals surface area contributed by atoms with Crippen LogP contribution in [0, 0.1) is 5.82 Å². The Labute approximate surface area is 123 Å². The van der Waals surface area contributed by atoms with Crippen LogP contribution in [0.2, 0.25) is 5.02 Å². The van der Waals surface area contributed by atoms with Gasteiger partial charge >= 0.3 is 0 Å². The van der Waals surface area contributed by atoms with Crippen molar-refractivity contribution in [2.45, 2.75) is 5.33 Å². The molecule has 0 heterocycles. The molecule has 0 aliphatic carbocycles. The molecule has 0 saturated carbocycles. The summed E-state index contributed by atoms with van der Waals surface area (Å²) in [4.78, 5) is 12.0. The maximum absolute atomic E-state index is 12.9. The zero-order valence-electron chi connectivity index (χ0n) is 9.79. The molecule has 2 aromatic rings. The van der Waals surface area contributed by atoms with Crippen molar-refractivity contribution in [2.24, 2.45) is 0 Å². The van der Waals surface area contributed by atoms with Crippen LogP contribution in [-0.2, 0) is 5.33 Å². The van der Waals surface area contributed by atoms with Crippen molar-refractivity contribution >= 4 is 39.1 Å². The van der Waals surface area contributed by atoms with Gasteiger partial charge in [0.15, 0.2) is 0 Å². The highest BCUT2D eigenvalue weighted by atomic mass is 79.9. The van der Waals surface area contributed by atoms with Gasteiger partial charge in [0.25, 0.3) is 5.91 Å². The number of nitrogens with one attached hydrogen (secondary N) is 1. The van der Waals surface area contributed by atoms with E-state index in [1.54, 1.807) is 12.1 Å². The largest absolute Gasteiger partial charge is 0.322 e. The van der Waals surface area contributed by atoms with Crippen LogP contribution >= 0.6 is 27.5 Å². The van der Waals surface area contributed by atoms with Crippen molar-refractivity contribution in [2.75, 3.05) is 5.32 Å². The molecule has 19 heavy (non-hydrogen) atoms. The Morgan fingerprint density at radius 3 is 2.47 bits per heavy atom. The number of rotatable bonds is 3. The van der Waals surface area contributed by atoms with Crippen molar-refractivity contribution in [3.8, 4) is 0 Å². The third-order valence-corrected chi connectivity index (χ3v) is 3.50. The monoisotopic (exact) mass is 341 g/mol. The molecule has 0 aliphatic heterocycles. The summed E-state index contributed by atoms with van der Waals surface area (Å²) in [6, 6.07) is 11.1. The Balaban J connectivity index is 2.15. The second kappa shape index (κ2) is 6.17. The van der Waals surface area contributed by atoms with E-state index in [9.17, 15) is 9.18 Å². The summed E-state index contributed by atoms with van der Waals surface area (Å²) >= 11 is 9.18. The maximum Gasteiger partial charge on any atom is 0.257 e. The molecule has 5 heteroatoms. The minimum Gasteiger partial charge on any atom is -0.322 e. The van der Waals surface area contributed by atoms with E-state index < -0.39 is 5.82 Å². The average molecular weight is 343 g/mol. The summed E-state index contributed by atoms with van der Waals surface area (Å²) in [6.45, 7) is 0. The number of alkyl halides is 1. The van der Waals surface area contributed by atoms with E-state index in [0.29, 0.717) is 5.69 Å². The van der Waals surface area contributed by atoms with Gasteiger partial charge in [-0.25, -0.2) is 4.39 Å². The molecule has 2 nitrogen and oxygen atoms in total. The van der Waals surface area contributed by atoms with E-state index in [4.69, 9.17) is 11.6 Å². The Morgan fingerprint density at radius 2 is 1.89 bits per heavy atom. The molecular formula is C14H10BrClFNO. The van der Waals surface area contributed by atoms with Gasteiger partial charge < -0.3 is 5.32 Å². The van der Waals surface area contributed by atoms with Gasteiger partial charge in [0.1, 0.15) is 5.82 Å². The molecule has 0 fully saturated rings. The van der Waals surface area contributed by atoms with Gasteiger partial charge in [-0.15, -0.1) is 0 Å². The highest BCUT2D eigenvalue weighted by Crippen LogP contribution is 2.19. The van der Waals surface area contributed by atoms with E-state index in [-0.39, 0.29) is 16.5 Å². The van der Waals surface area contributed by atoms with E-state index >= 15 is 0 Å². The predicted octanol–water partition coefficient (Wildman–Crippen LogP) is 4.63. The molecule has 0 radical (unpaired) electrons. The molecule has 0 unspecified atom stereocenters. The second-order valence-corrected chi connectivity index (χ2v) is 4.88. The molecule has 0 aliphatic rings. The fraction of sp³-hybridized carbons (Fsp3) is 0.0714. The van der Waals surface area contributed by atoms with Crippen LogP contribution in [0.1, 0.15) is 15.9 Å². The first-order valence-corrected chi connectivity index (χ1v) is 7.01. The third kappa shape index (κ3) is 3.55. The number of halogens is 3. The highest BCUT2D eigenvalue weighted by molar-refractivity contribution is 9.08. The zero-order chi connectivity index (χ0) is 13.8. The summed E-state index contributed by atoms with van der Waals surface area (Å²) in [6.07, 6.45) is 0. The van der Waals surface area contributed by atoms with Gasteiger partial charge in [-0.3, -0.25) is 4.79 Å². The van der Waals surface area contributed by atoms with Crippen LogP contribution in [-0.4, -0.2) is 5.91 Å². The highest BCUT2D eigenvalue weighted by Gasteiger charge is 2.11. The van der Waals surface area contributed by atoms with Crippen molar-refractivity contribution in [3.05, 3.63) is 64.4 Å². The van der Waals surface area contributed by atoms with Gasteiger partial charge in [0.05, 0.1) is 10.6 Å². The lowest BCUT2D eigenvalue weighted by molar-refractivity contribution is 0.102. The maximum atomic E-state index is 12.9. The fourth-order valence-corrected chi connectivity index (χ4v) is 2.18. The van der Waals surface area contributed by atoms with Crippen LogP contribution in [0.4, 0.5) is 10.1 Å². The summed E-state index contributed by atoms with van der Waals surface area (Å²) in [5.74, 6) is -0.834. The van der Waals surface area contributed by atoms with Crippen LogP contribution in [0.25, 0.3) is 0 Å². The van der Waals surface area contributed by atoms with Gasteiger partial charge in [0.2, 0.25) is 0 Å². The number of carbonyl (C=O) groups excluding carboxylic acids is 1. The van der Waals surface area contributed by atoms with Crippen LogP contribution in [0.3, 0.4) is 0 Å². The molecule has 2 rings (SSSR count). The lowest BCUT2D eigenvalue weighted by atomic mass is 10.2. The Kier molecular flexibility index (Phi) is 4.56. The minimum absolute atomic E-state index is 0.0922. The van der Waals surface area contributed by atoms with Crippen molar-refractivity contribution in [3.63, 3.8) is 0 Å². The summed E-state index contributed by atoms with van der Waals surface area (Å²) in [5, 5.41) is 3.56. The average Bonchev–Trinajstić information content (AvgIpc) is 2.39. The summed E-state index contributed by atoms with van der Waals surface area (Å²) in [5.41, 5.74) is 2.01. The quantitative estimate of drug-likeness (QED) is 0.810. The topological polar surface area (TPSA) is 29.1 Å². The first kappa shape index (κ1) is 14.0. The Hall–Kier alpha value is -1.39. The second-order valence-electron chi connectivity index (χ2n) is 3.91. The lowest BCUT2D eigenvalue weighted by Gasteiger charge is -2.07. The van der Waals surface area contributed by atoms with Gasteiger partial charge in [-0.05, 0) is 35.9 Å². The van der Waals surface area contributed by atoms with Gasteiger partial charge in [-0.1, -0.05) is 39.7 Å². The molecular weight excluding hydrogens is 333 g/mol. The lowest BCUT2D eigenvalue weighted by Crippen LogP contribution is -2.12. The van der Waals surface area contributed by atoms with Gasteiger partial charge in [-0.2, -0.15) is 0 Å².